The molecule has 0 atom stereocenters. The summed E-state index contributed by atoms with van der Waals surface area (Å²) < 4.78 is 38.6. The van der Waals surface area contributed by atoms with Crippen LogP contribution in [0.5, 0.6) is 0 Å². The molecule has 0 fully saturated rings. The smallest absolute Gasteiger partial charge is 0.324 e. The highest BCUT2D eigenvalue weighted by Crippen LogP contribution is 2.37. The van der Waals surface area contributed by atoms with E-state index in [4.69, 9.17) is 0 Å². The van der Waals surface area contributed by atoms with Gasteiger partial charge in [-0.05, 0) is 6.07 Å². The van der Waals surface area contributed by atoms with E-state index < -0.39 is 16.7 Å². The zero-order valence-electron chi connectivity index (χ0n) is 8.00. The van der Waals surface area contributed by atoms with Crippen LogP contribution in [0.2, 0.25) is 0 Å². The standard InChI is InChI=1S/C8H6F3N3OS/c1-12-14-4-2-6(8(9,10)11)16-5(4)3-13-7(14)15/h2-3,12H,1H3. The Balaban J connectivity index is 2.76. The minimum Gasteiger partial charge on any atom is -0.324 e. The maximum Gasteiger partial charge on any atom is 0.425 e. The number of nitrogens with one attached hydrogen (secondary N) is 1. The van der Waals surface area contributed by atoms with Crippen molar-refractivity contribution < 1.29 is 13.2 Å². The molecular formula is C8H6F3N3OS. The van der Waals surface area contributed by atoms with E-state index in [1.165, 1.54) is 7.05 Å². The summed E-state index contributed by atoms with van der Waals surface area (Å²) >= 11 is 0.555. The first-order valence-corrected chi connectivity index (χ1v) is 5.01. The zero-order valence-corrected chi connectivity index (χ0v) is 8.82. The lowest BCUT2D eigenvalue weighted by molar-refractivity contribution is -0.134. The summed E-state index contributed by atoms with van der Waals surface area (Å²) in [5, 5.41) is 0. The van der Waals surface area contributed by atoms with Crippen molar-refractivity contribution in [3.8, 4) is 0 Å². The number of thiophene rings is 1. The molecule has 0 spiro atoms. The SMILES string of the molecule is CNn1c(=O)ncc2sc(C(F)(F)F)cc21. The lowest BCUT2D eigenvalue weighted by Gasteiger charge is -2.03. The Hall–Kier alpha value is -1.57. The normalized spacial score (nSPS) is 12.0. The van der Waals surface area contributed by atoms with E-state index >= 15 is 0 Å². The van der Waals surface area contributed by atoms with Crippen molar-refractivity contribution in [1.82, 2.24) is 9.66 Å². The zero-order chi connectivity index (χ0) is 11.9. The topological polar surface area (TPSA) is 46.9 Å². The highest BCUT2D eigenvalue weighted by molar-refractivity contribution is 7.19. The predicted molar refractivity (Wildman–Crippen MR) is 54.2 cm³/mol. The molecule has 2 rings (SSSR count). The molecule has 0 amide bonds. The molecule has 0 aliphatic heterocycles. The summed E-state index contributed by atoms with van der Waals surface area (Å²) in [5.41, 5.74) is 2.03. The van der Waals surface area contributed by atoms with Crippen LogP contribution in [0.3, 0.4) is 0 Å². The number of halogens is 3. The van der Waals surface area contributed by atoms with Crippen LogP contribution in [0.25, 0.3) is 10.2 Å². The van der Waals surface area contributed by atoms with Gasteiger partial charge in [-0.1, -0.05) is 0 Å². The molecule has 0 aromatic carbocycles. The summed E-state index contributed by atoms with van der Waals surface area (Å²) in [6.07, 6.45) is -3.26. The number of rotatable bonds is 1. The molecule has 4 nitrogen and oxygen atoms in total. The van der Waals surface area contributed by atoms with E-state index in [1.807, 2.05) is 0 Å². The number of fused-ring (bicyclic) bond motifs is 1. The molecule has 0 saturated carbocycles. The van der Waals surface area contributed by atoms with Gasteiger partial charge in [-0.3, -0.25) is 0 Å². The third kappa shape index (κ3) is 1.64. The fraction of sp³-hybridized carbons (Fsp3) is 0.250. The Labute approximate surface area is 91.3 Å². The van der Waals surface area contributed by atoms with Gasteiger partial charge in [-0.2, -0.15) is 18.2 Å². The van der Waals surface area contributed by atoms with Gasteiger partial charge < -0.3 is 5.43 Å². The van der Waals surface area contributed by atoms with Gasteiger partial charge in [0.2, 0.25) is 0 Å². The monoisotopic (exact) mass is 249 g/mol. The first-order chi connectivity index (χ1) is 7.43. The molecular weight excluding hydrogens is 243 g/mol. The van der Waals surface area contributed by atoms with Crippen molar-refractivity contribution >= 4 is 21.6 Å². The van der Waals surface area contributed by atoms with Gasteiger partial charge >= 0.3 is 11.9 Å². The predicted octanol–water partition coefficient (Wildman–Crippen LogP) is 1.65. The molecule has 0 radical (unpaired) electrons. The Bertz CT molecular complexity index is 586. The van der Waals surface area contributed by atoms with E-state index in [2.05, 4.69) is 10.4 Å². The molecule has 0 bridgehead atoms. The van der Waals surface area contributed by atoms with Gasteiger partial charge in [0.05, 0.1) is 16.4 Å². The van der Waals surface area contributed by atoms with Gasteiger partial charge in [0.25, 0.3) is 0 Å². The molecule has 16 heavy (non-hydrogen) atoms. The molecule has 0 saturated heterocycles. The van der Waals surface area contributed by atoms with Crippen LogP contribution < -0.4 is 11.1 Å². The Morgan fingerprint density at radius 3 is 2.75 bits per heavy atom. The molecule has 2 aromatic rings. The second-order valence-electron chi connectivity index (χ2n) is 2.96. The van der Waals surface area contributed by atoms with Crippen LogP contribution >= 0.6 is 11.3 Å². The number of hydrogen-bond acceptors (Lipinski definition) is 4. The Morgan fingerprint density at radius 2 is 2.19 bits per heavy atom. The van der Waals surface area contributed by atoms with E-state index in [9.17, 15) is 18.0 Å². The summed E-state index contributed by atoms with van der Waals surface area (Å²) in [6, 6.07) is 0.930. The Morgan fingerprint density at radius 1 is 1.50 bits per heavy atom. The van der Waals surface area contributed by atoms with Crippen LogP contribution in [0.15, 0.2) is 17.1 Å². The van der Waals surface area contributed by atoms with Crippen LogP contribution in [-0.2, 0) is 6.18 Å². The van der Waals surface area contributed by atoms with Crippen molar-refractivity contribution in [2.75, 3.05) is 12.5 Å². The van der Waals surface area contributed by atoms with E-state index in [1.54, 1.807) is 0 Å². The molecule has 0 aliphatic carbocycles. The third-order valence-electron chi connectivity index (χ3n) is 1.97. The summed E-state index contributed by atoms with van der Waals surface area (Å²) in [5.74, 6) is 0. The molecule has 8 heteroatoms. The lowest BCUT2D eigenvalue weighted by atomic mass is 10.4. The first kappa shape index (κ1) is 10.9. The average Bonchev–Trinajstić information content (AvgIpc) is 2.60. The first-order valence-electron chi connectivity index (χ1n) is 4.20. The number of aromatic nitrogens is 2. The van der Waals surface area contributed by atoms with E-state index in [0.717, 1.165) is 16.9 Å². The second kappa shape index (κ2) is 3.48. The van der Waals surface area contributed by atoms with Crippen molar-refractivity contribution in [3.63, 3.8) is 0 Å². The van der Waals surface area contributed by atoms with Gasteiger partial charge in [0.15, 0.2) is 0 Å². The van der Waals surface area contributed by atoms with Crippen molar-refractivity contribution in [3.05, 3.63) is 27.6 Å². The second-order valence-corrected chi connectivity index (χ2v) is 4.04. The summed E-state index contributed by atoms with van der Waals surface area (Å²) in [4.78, 5) is 13.9. The average molecular weight is 249 g/mol. The fourth-order valence-electron chi connectivity index (χ4n) is 1.29. The van der Waals surface area contributed by atoms with Crippen LogP contribution in [0.1, 0.15) is 4.88 Å². The van der Waals surface area contributed by atoms with Crippen LogP contribution in [0.4, 0.5) is 13.2 Å². The number of alkyl halides is 3. The molecule has 2 aromatic heterocycles. The van der Waals surface area contributed by atoms with Crippen LogP contribution in [-0.4, -0.2) is 16.7 Å². The van der Waals surface area contributed by atoms with Crippen molar-refractivity contribution in [2.24, 2.45) is 0 Å². The quantitative estimate of drug-likeness (QED) is 0.836. The maximum absolute atomic E-state index is 12.4. The molecule has 1 N–H and O–H groups in total. The minimum absolute atomic E-state index is 0.180. The molecule has 0 aliphatic rings. The molecule has 0 unspecified atom stereocenters. The highest BCUT2D eigenvalue weighted by Gasteiger charge is 2.33. The summed E-state index contributed by atoms with van der Waals surface area (Å²) in [6.45, 7) is 0. The van der Waals surface area contributed by atoms with Gasteiger partial charge in [-0.25, -0.2) is 9.47 Å². The van der Waals surface area contributed by atoms with Gasteiger partial charge in [0, 0.05) is 7.05 Å². The fourth-order valence-corrected chi connectivity index (χ4v) is 2.18. The minimum atomic E-state index is -4.40. The van der Waals surface area contributed by atoms with Gasteiger partial charge in [0.1, 0.15) is 4.88 Å². The highest BCUT2D eigenvalue weighted by atomic mass is 32.1. The molecule has 2 heterocycles. The third-order valence-corrected chi connectivity index (χ3v) is 3.07. The van der Waals surface area contributed by atoms with Gasteiger partial charge in [-0.15, -0.1) is 11.3 Å². The lowest BCUT2D eigenvalue weighted by Crippen LogP contribution is -2.28. The van der Waals surface area contributed by atoms with E-state index in [-0.39, 0.29) is 5.52 Å². The number of hydrogen-bond donors (Lipinski definition) is 1. The van der Waals surface area contributed by atoms with Crippen molar-refractivity contribution in [1.29, 1.82) is 0 Å². The van der Waals surface area contributed by atoms with Crippen molar-refractivity contribution in [2.45, 2.75) is 6.18 Å². The largest absolute Gasteiger partial charge is 0.425 e. The number of nitrogens with zero attached hydrogens (tertiary/aromatic N) is 2. The summed E-state index contributed by atoms with van der Waals surface area (Å²) in [7, 11) is 1.44. The maximum atomic E-state index is 12.4. The van der Waals surface area contributed by atoms with E-state index in [0.29, 0.717) is 16.0 Å². The molecule has 86 valence electrons. The van der Waals surface area contributed by atoms with Crippen LogP contribution in [0, 0.1) is 0 Å². The Kier molecular flexibility index (Phi) is 2.38.